The first-order valence-corrected chi connectivity index (χ1v) is 14.1. The summed E-state index contributed by atoms with van der Waals surface area (Å²) in [5.41, 5.74) is 0.990. The predicted molar refractivity (Wildman–Crippen MR) is 128 cm³/mol. The predicted octanol–water partition coefficient (Wildman–Crippen LogP) is 7.85. The van der Waals surface area contributed by atoms with Crippen LogP contribution in [0.1, 0.15) is 112 Å². The summed E-state index contributed by atoms with van der Waals surface area (Å²) in [5.74, 6) is 5.69. The zero-order valence-electron chi connectivity index (χ0n) is 21.3. The molecule has 0 radical (unpaired) electrons. The van der Waals surface area contributed by atoms with Crippen molar-refractivity contribution in [2.45, 2.75) is 117 Å². The highest BCUT2D eigenvalue weighted by molar-refractivity contribution is 5.13. The van der Waals surface area contributed by atoms with Gasteiger partial charge in [0.1, 0.15) is 0 Å². The first-order valence-electron chi connectivity index (χ1n) is 14.1. The van der Waals surface area contributed by atoms with Gasteiger partial charge < -0.3 is 9.47 Å². The average molecular weight is 431 g/mol. The first-order chi connectivity index (χ1) is 14.8. The Morgan fingerprint density at radius 2 is 1.55 bits per heavy atom. The van der Waals surface area contributed by atoms with Crippen LogP contribution < -0.4 is 0 Å². The minimum Gasteiger partial charge on any atom is -0.347 e. The molecule has 0 bridgehead atoms. The number of hydrogen-bond donors (Lipinski definition) is 0. The topological polar surface area (TPSA) is 18.5 Å². The van der Waals surface area contributed by atoms with Crippen LogP contribution in [0.3, 0.4) is 0 Å². The van der Waals surface area contributed by atoms with Gasteiger partial charge in [-0.25, -0.2) is 0 Å². The Bertz CT molecular complexity index is 637. The van der Waals surface area contributed by atoms with Crippen molar-refractivity contribution < 1.29 is 9.47 Å². The van der Waals surface area contributed by atoms with E-state index in [9.17, 15) is 0 Å². The van der Waals surface area contributed by atoms with E-state index in [1.165, 1.54) is 77.0 Å². The third-order valence-electron chi connectivity index (χ3n) is 11.6. The molecule has 31 heavy (non-hydrogen) atoms. The molecule has 1 aliphatic heterocycles. The summed E-state index contributed by atoms with van der Waals surface area (Å²) in [6.45, 7) is 14.4. The van der Waals surface area contributed by atoms with Crippen LogP contribution in [-0.4, -0.2) is 19.0 Å². The zero-order chi connectivity index (χ0) is 21.9. The summed E-state index contributed by atoms with van der Waals surface area (Å²) in [7, 11) is 0. The van der Waals surface area contributed by atoms with Crippen LogP contribution in [0.2, 0.25) is 0 Å². The van der Waals surface area contributed by atoms with Crippen molar-refractivity contribution in [2.24, 2.45) is 52.3 Å². The number of ether oxygens (including phenoxy) is 2. The molecule has 0 aromatic heterocycles. The molecule has 0 aromatic carbocycles. The Morgan fingerprint density at radius 3 is 2.29 bits per heavy atom. The molecule has 0 N–H and O–H groups in total. The van der Waals surface area contributed by atoms with Gasteiger partial charge in [-0.15, -0.1) is 0 Å². The molecule has 0 aromatic rings. The lowest BCUT2D eigenvalue weighted by Crippen LogP contribution is -2.62. The van der Waals surface area contributed by atoms with E-state index < -0.39 is 0 Å². The van der Waals surface area contributed by atoms with E-state index >= 15 is 0 Å². The van der Waals surface area contributed by atoms with Crippen LogP contribution in [0.15, 0.2) is 0 Å². The van der Waals surface area contributed by atoms with Gasteiger partial charge in [0.05, 0.1) is 13.2 Å². The third kappa shape index (κ3) is 3.56. The third-order valence-corrected chi connectivity index (χ3v) is 11.6. The molecule has 1 spiro atoms. The van der Waals surface area contributed by atoms with Crippen molar-refractivity contribution in [3.05, 3.63) is 0 Å². The minimum absolute atomic E-state index is 0.241. The molecular weight excluding hydrogens is 380 g/mol. The van der Waals surface area contributed by atoms with Crippen molar-refractivity contribution in [3.63, 3.8) is 0 Å². The van der Waals surface area contributed by atoms with E-state index in [-0.39, 0.29) is 5.79 Å². The van der Waals surface area contributed by atoms with Gasteiger partial charge in [-0.1, -0.05) is 66.7 Å². The quantitative estimate of drug-likeness (QED) is 0.442. The van der Waals surface area contributed by atoms with Gasteiger partial charge in [0.2, 0.25) is 0 Å². The molecule has 2 heteroatoms. The van der Waals surface area contributed by atoms with Gasteiger partial charge in [-0.05, 0) is 84.9 Å². The van der Waals surface area contributed by atoms with Gasteiger partial charge in [-0.3, -0.25) is 0 Å². The fraction of sp³-hybridized carbons (Fsp3) is 1.00. The molecule has 4 saturated carbocycles. The van der Waals surface area contributed by atoms with Crippen LogP contribution in [0, 0.1) is 52.3 Å². The van der Waals surface area contributed by atoms with Crippen LogP contribution in [0.25, 0.3) is 0 Å². The highest BCUT2D eigenvalue weighted by Gasteiger charge is 2.67. The van der Waals surface area contributed by atoms with Crippen LogP contribution in [-0.2, 0) is 9.47 Å². The maximum atomic E-state index is 6.57. The minimum atomic E-state index is -0.241. The summed E-state index contributed by atoms with van der Waals surface area (Å²) in [6.07, 6.45) is 16.9. The summed E-state index contributed by atoms with van der Waals surface area (Å²) >= 11 is 0. The fourth-order valence-corrected chi connectivity index (χ4v) is 10.2. The molecule has 2 nitrogen and oxygen atoms in total. The second kappa shape index (κ2) is 8.30. The molecule has 178 valence electrons. The Kier molecular flexibility index (Phi) is 6.08. The molecule has 5 aliphatic rings. The molecule has 5 rings (SSSR count). The van der Waals surface area contributed by atoms with Crippen molar-refractivity contribution in [1.82, 2.24) is 0 Å². The van der Waals surface area contributed by atoms with Crippen molar-refractivity contribution in [3.8, 4) is 0 Å². The number of fused-ring (bicyclic) bond motifs is 6. The maximum Gasteiger partial charge on any atom is 0.172 e. The van der Waals surface area contributed by atoms with E-state index in [1.54, 1.807) is 0 Å². The Morgan fingerprint density at radius 1 is 0.806 bits per heavy atom. The second-order valence-corrected chi connectivity index (χ2v) is 13.4. The van der Waals surface area contributed by atoms with E-state index in [2.05, 4.69) is 34.6 Å². The van der Waals surface area contributed by atoms with E-state index in [1.807, 2.05) is 0 Å². The number of rotatable bonds is 5. The fourth-order valence-electron chi connectivity index (χ4n) is 10.2. The molecule has 4 aliphatic carbocycles. The average Bonchev–Trinajstić information content (AvgIpc) is 3.32. The van der Waals surface area contributed by atoms with Crippen molar-refractivity contribution in [2.75, 3.05) is 13.2 Å². The smallest absolute Gasteiger partial charge is 0.172 e. The summed E-state index contributed by atoms with van der Waals surface area (Å²) in [4.78, 5) is 0. The lowest BCUT2D eigenvalue weighted by molar-refractivity contribution is -0.292. The van der Waals surface area contributed by atoms with Gasteiger partial charge in [0.25, 0.3) is 0 Å². The molecular formula is C29H50O2. The molecule has 5 fully saturated rings. The van der Waals surface area contributed by atoms with Crippen molar-refractivity contribution >= 4 is 0 Å². The van der Waals surface area contributed by atoms with Gasteiger partial charge >= 0.3 is 0 Å². The highest BCUT2D eigenvalue weighted by Crippen LogP contribution is 2.70. The Labute approximate surface area is 192 Å². The Balaban J connectivity index is 1.38. The van der Waals surface area contributed by atoms with E-state index in [0.717, 1.165) is 48.7 Å². The van der Waals surface area contributed by atoms with Crippen LogP contribution in [0.4, 0.5) is 0 Å². The van der Waals surface area contributed by atoms with Crippen LogP contribution in [0.5, 0.6) is 0 Å². The van der Waals surface area contributed by atoms with Crippen molar-refractivity contribution in [1.29, 1.82) is 0 Å². The van der Waals surface area contributed by atoms with E-state index in [0.29, 0.717) is 16.7 Å². The SMILES string of the molecule is CC(C)CCC[C@@H](C)[C@H]1CC[C@H]2[C@@H]3CC4(OCCO4)[C@H]4CCCC[C@]4(C)[C@H]3CC[C@]12C. The second-order valence-electron chi connectivity index (χ2n) is 13.4. The summed E-state index contributed by atoms with van der Waals surface area (Å²) in [6, 6.07) is 0. The first kappa shape index (κ1) is 22.7. The monoisotopic (exact) mass is 430 g/mol. The van der Waals surface area contributed by atoms with Gasteiger partial charge in [-0.2, -0.15) is 0 Å². The molecule has 0 unspecified atom stereocenters. The lowest BCUT2D eigenvalue weighted by Gasteiger charge is -2.64. The lowest BCUT2D eigenvalue weighted by atomic mass is 9.43. The zero-order valence-corrected chi connectivity index (χ0v) is 21.3. The molecule has 1 saturated heterocycles. The highest BCUT2D eigenvalue weighted by atomic mass is 16.7. The molecule has 8 atom stereocenters. The number of hydrogen-bond acceptors (Lipinski definition) is 2. The molecule has 0 amide bonds. The summed E-state index contributed by atoms with van der Waals surface area (Å²) < 4.78 is 13.1. The van der Waals surface area contributed by atoms with Gasteiger partial charge in [0.15, 0.2) is 5.79 Å². The molecule has 1 heterocycles. The normalized spacial score (nSPS) is 47.2. The maximum absolute atomic E-state index is 6.57. The largest absolute Gasteiger partial charge is 0.347 e. The van der Waals surface area contributed by atoms with Gasteiger partial charge in [0, 0.05) is 12.3 Å². The van der Waals surface area contributed by atoms with E-state index in [4.69, 9.17) is 9.47 Å². The summed E-state index contributed by atoms with van der Waals surface area (Å²) in [5, 5.41) is 0. The standard InChI is InChI=1S/C29H50O2/c1-20(2)9-8-10-21(3)23-12-13-24-22-19-29(30-17-18-31-29)26-11-6-7-15-28(26,5)25(22)14-16-27(23,24)4/h20-26H,6-19H2,1-5H3/t21-,22+,23-,24+,25+,26+,27-,28-/m1/s1. The van der Waals surface area contributed by atoms with Crippen LogP contribution >= 0.6 is 0 Å². The Hall–Kier alpha value is -0.0800.